The number of unbranched alkanes of at least 4 members (excludes halogenated alkanes) is 4. The van der Waals surface area contributed by atoms with E-state index in [1.807, 2.05) is 0 Å². The van der Waals surface area contributed by atoms with E-state index >= 15 is 9.59 Å². The van der Waals surface area contributed by atoms with Gasteiger partial charge in [-0.25, -0.2) is 0 Å². The maximum atomic E-state index is 15.2. The summed E-state index contributed by atoms with van der Waals surface area (Å²) in [7, 11) is 0. The lowest BCUT2D eigenvalue weighted by Crippen LogP contribution is -2.62. The van der Waals surface area contributed by atoms with Crippen molar-refractivity contribution < 1.29 is 67.7 Å². The van der Waals surface area contributed by atoms with Crippen LogP contribution in [0, 0.1) is 0 Å². The molecule has 0 unspecified atom stereocenters. The highest BCUT2D eigenvalue weighted by atomic mass is 32.1. The number of H-pyrrole nitrogens is 1. The van der Waals surface area contributed by atoms with Gasteiger partial charge in [-0.1, -0.05) is 79.2 Å². The number of fused-ring (bicyclic) bond motifs is 1. The molecule has 1 aromatic heterocycles. The van der Waals surface area contributed by atoms with Gasteiger partial charge in [0.25, 0.3) is 0 Å². The first-order valence-electron chi connectivity index (χ1n) is 37.6. The number of hydrogen-bond acceptors (Lipinski definition) is 23. The van der Waals surface area contributed by atoms with Crippen molar-refractivity contribution >= 4 is 118 Å². The molecular formula is C76H114N20O14S2. The largest absolute Gasteiger partial charge is 0.399 e. The molecule has 36 heteroatoms. The number of amides is 12. The van der Waals surface area contributed by atoms with Crippen LogP contribution < -0.4 is 104 Å². The molecule has 614 valence electrons. The lowest BCUT2D eigenvalue weighted by atomic mass is 10.0. The van der Waals surface area contributed by atoms with E-state index in [0.29, 0.717) is 89.6 Å². The first-order chi connectivity index (χ1) is 53.5. The van der Waals surface area contributed by atoms with E-state index in [2.05, 4.69) is 88.7 Å². The lowest BCUT2D eigenvalue weighted by molar-refractivity contribution is -0.137. The molecule has 0 aliphatic rings. The molecule has 0 aliphatic carbocycles. The number of para-hydroxylation sites is 1. The number of rotatable bonds is 51. The Balaban J connectivity index is 1.44. The van der Waals surface area contributed by atoms with Gasteiger partial charge < -0.3 is 120 Å². The van der Waals surface area contributed by atoms with Gasteiger partial charge in [-0.2, -0.15) is 25.3 Å². The van der Waals surface area contributed by atoms with Gasteiger partial charge in [0.05, 0.1) is 18.2 Å². The van der Waals surface area contributed by atoms with Crippen LogP contribution in [0.15, 0.2) is 109 Å². The number of nitrogens with two attached hydrogens (primary N) is 8. The van der Waals surface area contributed by atoms with Crippen LogP contribution in [-0.4, -0.2) is 208 Å². The third-order valence-corrected chi connectivity index (χ3v) is 19.3. The van der Waals surface area contributed by atoms with Crippen LogP contribution in [0.1, 0.15) is 113 Å². The molecule has 0 spiro atoms. The predicted molar refractivity (Wildman–Crippen MR) is 432 cm³/mol. The van der Waals surface area contributed by atoms with Gasteiger partial charge >= 0.3 is 0 Å². The quantitative estimate of drug-likeness (QED) is 0.0104. The van der Waals surface area contributed by atoms with Crippen molar-refractivity contribution in [1.29, 1.82) is 0 Å². The first kappa shape index (κ1) is 92.7. The second-order valence-corrected chi connectivity index (χ2v) is 28.4. The molecule has 12 amide bonds. The molecule has 4 aromatic carbocycles. The second kappa shape index (κ2) is 48.8. The summed E-state index contributed by atoms with van der Waals surface area (Å²) in [6.07, 6.45) is 1.44. The summed E-state index contributed by atoms with van der Waals surface area (Å²) >= 11 is 8.62. The lowest BCUT2D eigenvalue weighted by Gasteiger charge is -2.29. The van der Waals surface area contributed by atoms with Gasteiger partial charge in [0.2, 0.25) is 70.9 Å². The van der Waals surface area contributed by atoms with Gasteiger partial charge in [0.15, 0.2) is 0 Å². The number of carbonyl (C=O) groups is 12. The number of nitrogen functional groups attached to an aromatic ring is 2. The van der Waals surface area contributed by atoms with E-state index in [1.54, 1.807) is 109 Å². The maximum Gasteiger partial charge on any atom is 0.245 e. The number of nitrogens with one attached hydrogen (secondary N) is 12. The van der Waals surface area contributed by atoms with Crippen LogP contribution in [0.2, 0.25) is 0 Å². The van der Waals surface area contributed by atoms with E-state index in [1.165, 1.54) is 13.8 Å². The summed E-state index contributed by atoms with van der Waals surface area (Å²) in [5, 5.41) is 50.8. The number of primary amides is 1. The van der Waals surface area contributed by atoms with Gasteiger partial charge in [-0.05, 0) is 163 Å². The van der Waals surface area contributed by atoms with Crippen LogP contribution in [0.25, 0.3) is 10.9 Å². The third-order valence-electron chi connectivity index (χ3n) is 18.6. The molecule has 0 saturated heterocycles. The number of carbonyl (C=O) groups excluding carboxylic acids is 12. The minimum absolute atomic E-state index is 0.0265. The topological polar surface area (TPSA) is 602 Å². The number of aromatic nitrogens is 1. The second-order valence-electron chi connectivity index (χ2n) is 27.7. The zero-order valence-electron chi connectivity index (χ0n) is 63.3. The molecule has 5 rings (SSSR count). The zero-order valence-corrected chi connectivity index (χ0v) is 65.1. The molecule has 14 atom stereocenters. The molecule has 112 heavy (non-hydrogen) atoms. The van der Waals surface area contributed by atoms with Crippen LogP contribution in [0.4, 0.5) is 11.4 Å². The standard InChI is InChI=1S/C76H114N20O14S2/c1-43(97)63(65(84)99)95-75(109)62(42-112)94-76(110)64(44(2)98)96-69(103)56(23-11-15-35-80)88-73(107)60(39-48-40-85-53-20-7-6-18-51(48)53)92-72(106)58(36-45-16-4-3-5-17-45)91-74(108)61(41-111)93-68(102)55(22-10-14-34-79)87-71(105)59(38-47-26-30-50(82)31-27-47)90-67(101)54(21-9-13-33-78)86-70(104)57(37-46-24-28-49(81)29-25-46)89-66(100)52(83)19-8-12-32-77/h3-7,16-18,20,24-31,40,43-44,52,54-64,85,97-98,111-112H,8-15,19,21-23,32-39,41-42,77-83H2,1-2H3,(H2,84,99)(H,86,104)(H,87,105)(H,88,107)(H,89,100)(H,90,101)(H,91,108)(H,92,106)(H,93,102)(H,94,110)(H,95,109)(H,96,103)/t43-,44-,52-,54+,55+,56+,57+,58+,59+,60-,61+,62+,63+,64+/m1/s1. The Labute approximate surface area is 662 Å². The van der Waals surface area contributed by atoms with Crippen molar-refractivity contribution in [3.05, 3.63) is 132 Å². The zero-order chi connectivity index (χ0) is 82.4. The average molecular weight is 1600 g/mol. The number of benzene rings is 4. The van der Waals surface area contributed by atoms with Crippen molar-refractivity contribution in [2.45, 2.75) is 201 Å². The van der Waals surface area contributed by atoms with Gasteiger partial charge in [-0.3, -0.25) is 57.5 Å². The molecule has 0 bridgehead atoms. The number of anilines is 2. The van der Waals surface area contributed by atoms with Crippen molar-refractivity contribution in [3.63, 3.8) is 0 Å². The van der Waals surface area contributed by atoms with Crippen molar-refractivity contribution in [1.82, 2.24) is 63.5 Å². The fourth-order valence-corrected chi connectivity index (χ4v) is 12.6. The average Bonchev–Trinajstić information content (AvgIpc) is 1.63. The Morgan fingerprint density at radius 3 is 1.08 bits per heavy atom. The number of aliphatic hydroxyl groups excluding tert-OH is 2. The van der Waals surface area contributed by atoms with Crippen LogP contribution in [0.5, 0.6) is 0 Å². The SMILES string of the molecule is C[C@@H](O)[C@H](NC(=O)[C@H](CS)NC(=O)[C@@H](NC(=O)[C@H](CCCCN)NC(=O)[C@@H](Cc1c[nH]c2ccccc12)NC(=O)[C@H](Cc1ccccc1)NC(=O)[C@H](CS)NC(=O)[C@H](CCCCN)NC(=O)[C@H](Cc1ccc(N)cc1)NC(=O)[C@H](CCCCN)NC(=O)[C@H](Cc1ccc(N)cc1)NC(=O)[C@H](N)CCCCN)[C@@H](C)O)C(N)=O. The number of aliphatic hydroxyl groups is 2. The maximum absolute atomic E-state index is 15.2. The molecular weight excluding hydrogens is 1480 g/mol. The van der Waals surface area contributed by atoms with Crippen LogP contribution in [0.3, 0.4) is 0 Å². The Morgan fingerprint density at radius 1 is 0.366 bits per heavy atom. The summed E-state index contributed by atoms with van der Waals surface area (Å²) in [5.41, 5.74) is 50.8. The van der Waals surface area contributed by atoms with Crippen LogP contribution >= 0.6 is 25.3 Å². The fourth-order valence-electron chi connectivity index (χ4n) is 12.1. The summed E-state index contributed by atoms with van der Waals surface area (Å²) in [6, 6.07) is 11.6. The monoisotopic (exact) mass is 1590 g/mol. The molecule has 5 aromatic rings. The minimum atomic E-state index is -1.77. The van der Waals surface area contributed by atoms with Crippen molar-refractivity contribution in [2.75, 3.05) is 49.2 Å². The Morgan fingerprint density at radius 2 is 0.679 bits per heavy atom. The van der Waals surface area contributed by atoms with E-state index in [4.69, 9.17) is 45.9 Å². The summed E-state index contributed by atoms with van der Waals surface area (Å²) in [5.74, 6) is -11.5. The highest BCUT2D eigenvalue weighted by molar-refractivity contribution is 7.80. The third kappa shape index (κ3) is 31.0. The normalized spacial score (nSPS) is 15.0. The summed E-state index contributed by atoms with van der Waals surface area (Å²) in [6.45, 7) is 3.41. The molecule has 0 radical (unpaired) electrons. The van der Waals surface area contributed by atoms with Crippen molar-refractivity contribution in [3.8, 4) is 0 Å². The Hall–Kier alpha value is -9.92. The smallest absolute Gasteiger partial charge is 0.245 e. The van der Waals surface area contributed by atoms with E-state index in [-0.39, 0.29) is 95.3 Å². The molecule has 1 heterocycles. The number of aromatic amines is 1. The Bertz CT molecular complexity index is 3860. The highest BCUT2D eigenvalue weighted by Crippen LogP contribution is 2.21. The number of thiol groups is 2. The molecule has 0 fully saturated rings. The van der Waals surface area contributed by atoms with E-state index in [0.717, 1.165) is 0 Å². The summed E-state index contributed by atoms with van der Waals surface area (Å²) < 4.78 is 0. The van der Waals surface area contributed by atoms with E-state index < -0.39 is 156 Å². The van der Waals surface area contributed by atoms with E-state index in [9.17, 15) is 58.2 Å². The van der Waals surface area contributed by atoms with Crippen molar-refractivity contribution in [2.24, 2.45) is 34.4 Å². The van der Waals surface area contributed by atoms with Crippen LogP contribution in [-0.2, 0) is 83.2 Å². The van der Waals surface area contributed by atoms with Gasteiger partial charge in [0.1, 0.15) is 66.5 Å². The highest BCUT2D eigenvalue weighted by Gasteiger charge is 2.38. The van der Waals surface area contributed by atoms with Gasteiger partial charge in [0, 0.05) is 65.7 Å². The predicted octanol–water partition coefficient (Wildman–Crippen LogP) is -3.11. The minimum Gasteiger partial charge on any atom is -0.399 e. The fraction of sp³-hybridized carbons (Fsp3) is 0.500. The Kier molecular flexibility index (Phi) is 40.4. The number of hydrogen-bond donors (Lipinski definition) is 24. The molecule has 0 saturated carbocycles. The molecule has 0 aliphatic heterocycles. The molecule has 34 nitrogen and oxygen atoms in total. The van der Waals surface area contributed by atoms with Gasteiger partial charge in [-0.15, -0.1) is 0 Å². The molecule has 30 N–H and O–H groups in total. The first-order valence-corrected chi connectivity index (χ1v) is 38.9. The summed E-state index contributed by atoms with van der Waals surface area (Å²) in [4.78, 5) is 174.